The molecule has 2 unspecified atom stereocenters. The Bertz CT molecular complexity index is 453. The van der Waals surface area contributed by atoms with Crippen molar-refractivity contribution in [1.82, 2.24) is 0 Å². The van der Waals surface area contributed by atoms with Gasteiger partial charge in [-0.25, -0.2) is 0 Å². The van der Waals surface area contributed by atoms with Gasteiger partial charge in [0.1, 0.15) is 12.4 Å². The first-order valence-electron chi connectivity index (χ1n) is 7.58. The molecule has 1 aromatic rings. The van der Waals surface area contributed by atoms with Crippen molar-refractivity contribution in [1.29, 1.82) is 5.26 Å². The van der Waals surface area contributed by atoms with E-state index in [-0.39, 0.29) is 0 Å². The highest BCUT2D eigenvalue weighted by Crippen LogP contribution is 2.29. The summed E-state index contributed by atoms with van der Waals surface area (Å²) in [6, 6.07) is 9.35. The molecular weight excluding hydrogens is 250 g/mol. The van der Waals surface area contributed by atoms with Crippen LogP contribution in [0, 0.1) is 17.2 Å². The van der Waals surface area contributed by atoms with Gasteiger partial charge in [-0.15, -0.1) is 0 Å². The lowest BCUT2D eigenvalue weighted by atomic mass is 9.85. The van der Waals surface area contributed by atoms with Crippen LogP contribution in [-0.4, -0.2) is 19.3 Å². The van der Waals surface area contributed by atoms with Gasteiger partial charge in [-0.3, -0.25) is 0 Å². The number of hydrogen-bond donors (Lipinski definition) is 0. The Morgan fingerprint density at radius 2 is 2.10 bits per heavy atom. The molecule has 0 amide bonds. The molecule has 3 heteroatoms. The molecule has 0 saturated heterocycles. The monoisotopic (exact) mass is 273 g/mol. The second-order valence-electron chi connectivity index (χ2n) is 5.35. The summed E-state index contributed by atoms with van der Waals surface area (Å²) in [6.07, 6.45) is 6.72. The van der Waals surface area contributed by atoms with Crippen molar-refractivity contribution in [2.45, 2.75) is 45.1 Å². The van der Waals surface area contributed by atoms with E-state index < -0.39 is 0 Å². The third-order valence-corrected chi connectivity index (χ3v) is 4.01. The lowest BCUT2D eigenvalue weighted by Gasteiger charge is -2.30. The van der Waals surface area contributed by atoms with Gasteiger partial charge >= 0.3 is 0 Å². The highest BCUT2D eigenvalue weighted by atomic mass is 16.5. The normalized spacial score (nSPS) is 22.2. The predicted octanol–water partition coefficient (Wildman–Crippen LogP) is 3.92. The molecule has 0 aromatic heterocycles. The predicted molar refractivity (Wildman–Crippen MR) is 78.6 cm³/mol. The van der Waals surface area contributed by atoms with E-state index >= 15 is 0 Å². The van der Waals surface area contributed by atoms with E-state index in [1.807, 2.05) is 12.1 Å². The van der Waals surface area contributed by atoms with Gasteiger partial charge in [0.25, 0.3) is 0 Å². The zero-order valence-corrected chi connectivity index (χ0v) is 12.2. The SMILES string of the molecule is CCC1CCCCC1OCCOc1cccc(C#N)c1. The fraction of sp³-hybridized carbons (Fsp3) is 0.588. The average Bonchev–Trinajstić information content (AvgIpc) is 2.52. The fourth-order valence-electron chi connectivity index (χ4n) is 2.87. The van der Waals surface area contributed by atoms with Gasteiger partial charge in [-0.05, 0) is 37.0 Å². The molecular formula is C17H23NO2. The maximum Gasteiger partial charge on any atom is 0.120 e. The molecule has 20 heavy (non-hydrogen) atoms. The van der Waals surface area contributed by atoms with Crippen LogP contribution in [0.1, 0.15) is 44.6 Å². The summed E-state index contributed by atoms with van der Waals surface area (Å²) in [5.41, 5.74) is 0.627. The first kappa shape index (κ1) is 14.9. The van der Waals surface area contributed by atoms with Crippen molar-refractivity contribution >= 4 is 0 Å². The van der Waals surface area contributed by atoms with E-state index in [2.05, 4.69) is 13.0 Å². The van der Waals surface area contributed by atoms with Crippen LogP contribution in [0.15, 0.2) is 24.3 Å². The van der Waals surface area contributed by atoms with Crippen LogP contribution >= 0.6 is 0 Å². The van der Waals surface area contributed by atoms with Crippen molar-refractivity contribution in [3.8, 4) is 11.8 Å². The number of nitriles is 1. The maximum atomic E-state index is 8.83. The summed E-state index contributed by atoms with van der Waals surface area (Å²) in [5.74, 6) is 1.45. The van der Waals surface area contributed by atoms with Crippen molar-refractivity contribution in [3.05, 3.63) is 29.8 Å². The molecule has 0 bridgehead atoms. The van der Waals surface area contributed by atoms with Gasteiger partial charge in [-0.2, -0.15) is 5.26 Å². The Balaban J connectivity index is 1.71. The van der Waals surface area contributed by atoms with Gasteiger partial charge in [0.2, 0.25) is 0 Å². The second kappa shape index (κ2) is 7.91. The van der Waals surface area contributed by atoms with Gasteiger partial charge in [0.05, 0.1) is 24.3 Å². The van der Waals surface area contributed by atoms with E-state index in [0.29, 0.717) is 30.8 Å². The van der Waals surface area contributed by atoms with E-state index in [4.69, 9.17) is 14.7 Å². The van der Waals surface area contributed by atoms with Crippen LogP contribution in [0.25, 0.3) is 0 Å². The largest absolute Gasteiger partial charge is 0.491 e. The Labute approximate surface area is 121 Å². The van der Waals surface area contributed by atoms with Gasteiger partial charge in [0, 0.05) is 0 Å². The molecule has 1 aliphatic carbocycles. The summed E-state index contributed by atoms with van der Waals surface area (Å²) < 4.78 is 11.6. The summed E-state index contributed by atoms with van der Waals surface area (Å²) >= 11 is 0. The molecule has 3 nitrogen and oxygen atoms in total. The molecule has 1 aliphatic rings. The molecule has 0 spiro atoms. The summed E-state index contributed by atoms with van der Waals surface area (Å²) in [4.78, 5) is 0. The van der Waals surface area contributed by atoms with Crippen molar-refractivity contribution in [3.63, 3.8) is 0 Å². The molecule has 2 rings (SSSR count). The molecule has 0 heterocycles. The van der Waals surface area contributed by atoms with Crippen LogP contribution < -0.4 is 4.74 Å². The Hall–Kier alpha value is -1.53. The Kier molecular flexibility index (Phi) is 5.88. The van der Waals surface area contributed by atoms with Crippen molar-refractivity contribution in [2.75, 3.05) is 13.2 Å². The molecule has 0 N–H and O–H groups in total. The summed E-state index contributed by atoms with van der Waals surface area (Å²) in [7, 11) is 0. The maximum absolute atomic E-state index is 8.83. The molecule has 1 fully saturated rings. The Morgan fingerprint density at radius 1 is 1.25 bits per heavy atom. The van der Waals surface area contributed by atoms with Crippen molar-refractivity contribution in [2.24, 2.45) is 5.92 Å². The Morgan fingerprint density at radius 3 is 2.90 bits per heavy atom. The molecule has 0 aliphatic heterocycles. The minimum Gasteiger partial charge on any atom is -0.491 e. The third-order valence-electron chi connectivity index (χ3n) is 4.01. The third kappa shape index (κ3) is 4.25. The topological polar surface area (TPSA) is 42.2 Å². The summed E-state index contributed by atoms with van der Waals surface area (Å²) in [6.45, 7) is 3.41. The first-order valence-corrected chi connectivity index (χ1v) is 7.58. The quantitative estimate of drug-likeness (QED) is 0.738. The van der Waals surface area contributed by atoms with E-state index in [1.165, 1.54) is 32.1 Å². The fourth-order valence-corrected chi connectivity index (χ4v) is 2.87. The number of hydrogen-bond acceptors (Lipinski definition) is 3. The number of nitrogens with zero attached hydrogens (tertiary/aromatic N) is 1. The molecule has 2 atom stereocenters. The molecule has 0 radical (unpaired) electrons. The highest BCUT2D eigenvalue weighted by molar-refractivity contribution is 5.36. The highest BCUT2D eigenvalue weighted by Gasteiger charge is 2.23. The minimum absolute atomic E-state index is 0.405. The smallest absolute Gasteiger partial charge is 0.120 e. The van der Waals surface area contributed by atoms with Crippen LogP contribution in [0.3, 0.4) is 0 Å². The second-order valence-corrected chi connectivity index (χ2v) is 5.35. The molecule has 108 valence electrons. The lowest BCUT2D eigenvalue weighted by molar-refractivity contribution is -0.0228. The van der Waals surface area contributed by atoms with E-state index in [9.17, 15) is 0 Å². The number of benzene rings is 1. The zero-order chi connectivity index (χ0) is 14.2. The van der Waals surface area contributed by atoms with Crippen LogP contribution in [0.4, 0.5) is 0 Å². The minimum atomic E-state index is 0.405. The standard InChI is InChI=1S/C17H23NO2/c1-2-15-7-3-4-9-17(15)20-11-10-19-16-8-5-6-14(12-16)13-18/h5-6,8,12,15,17H,2-4,7,9-11H2,1H3. The summed E-state index contributed by atoms with van der Waals surface area (Å²) in [5, 5.41) is 8.83. The van der Waals surface area contributed by atoms with Crippen LogP contribution in [0.2, 0.25) is 0 Å². The lowest BCUT2D eigenvalue weighted by Crippen LogP contribution is -2.28. The van der Waals surface area contributed by atoms with Crippen molar-refractivity contribution < 1.29 is 9.47 Å². The van der Waals surface area contributed by atoms with Gasteiger partial charge in [0.15, 0.2) is 0 Å². The van der Waals surface area contributed by atoms with E-state index in [1.54, 1.807) is 12.1 Å². The van der Waals surface area contributed by atoms with Crippen LogP contribution in [0.5, 0.6) is 5.75 Å². The number of ether oxygens (including phenoxy) is 2. The number of rotatable bonds is 6. The molecule has 1 saturated carbocycles. The average molecular weight is 273 g/mol. The first-order chi connectivity index (χ1) is 9.83. The zero-order valence-electron chi connectivity index (χ0n) is 12.2. The van der Waals surface area contributed by atoms with Crippen LogP contribution in [-0.2, 0) is 4.74 Å². The molecule has 1 aromatic carbocycles. The van der Waals surface area contributed by atoms with Gasteiger partial charge in [-0.1, -0.05) is 32.3 Å². The van der Waals surface area contributed by atoms with Gasteiger partial charge < -0.3 is 9.47 Å². The van der Waals surface area contributed by atoms with E-state index in [0.717, 1.165) is 5.75 Å².